The first-order valence-corrected chi connectivity index (χ1v) is 9.76. The van der Waals surface area contributed by atoms with E-state index in [1.165, 1.54) is 4.88 Å². The number of amides is 1. The number of piperidine rings is 1. The van der Waals surface area contributed by atoms with Crippen molar-refractivity contribution in [3.8, 4) is 0 Å². The zero-order valence-corrected chi connectivity index (χ0v) is 15.6. The van der Waals surface area contributed by atoms with Gasteiger partial charge in [-0.3, -0.25) is 9.69 Å². The van der Waals surface area contributed by atoms with Gasteiger partial charge in [-0.05, 0) is 49.9 Å². The van der Waals surface area contributed by atoms with Crippen molar-refractivity contribution in [1.29, 1.82) is 0 Å². The largest absolute Gasteiger partial charge is 0.388 e. The minimum Gasteiger partial charge on any atom is -0.388 e. The number of carbonyl (C=O) groups excluding carboxylic acids is 1. The summed E-state index contributed by atoms with van der Waals surface area (Å²) < 4.78 is 0. The van der Waals surface area contributed by atoms with E-state index < -0.39 is 5.60 Å². The molecule has 3 atom stereocenters. The summed E-state index contributed by atoms with van der Waals surface area (Å²) in [5.41, 5.74) is -0.320. The molecule has 2 N–H and O–H groups in total. The van der Waals surface area contributed by atoms with Gasteiger partial charge in [0.05, 0.1) is 17.7 Å². The predicted molar refractivity (Wildman–Crippen MR) is 102 cm³/mol. The first kappa shape index (κ1) is 18.1. The molecule has 1 aliphatic rings. The molecule has 0 spiro atoms. The maximum Gasteiger partial charge on any atom is 0.251 e. The Morgan fingerprint density at radius 3 is 2.72 bits per heavy atom. The molecule has 134 valence electrons. The van der Waals surface area contributed by atoms with Crippen LogP contribution in [-0.2, 0) is 0 Å². The smallest absolute Gasteiger partial charge is 0.251 e. The highest BCUT2D eigenvalue weighted by Gasteiger charge is 2.46. The van der Waals surface area contributed by atoms with Crippen LogP contribution in [0.1, 0.15) is 48.0 Å². The Morgan fingerprint density at radius 2 is 2.08 bits per heavy atom. The van der Waals surface area contributed by atoms with Gasteiger partial charge in [0.1, 0.15) is 0 Å². The number of hydrogen-bond donors (Lipinski definition) is 2. The lowest BCUT2D eigenvalue weighted by Crippen LogP contribution is -2.62. The van der Waals surface area contributed by atoms with Crippen molar-refractivity contribution in [2.24, 2.45) is 0 Å². The van der Waals surface area contributed by atoms with E-state index in [9.17, 15) is 9.90 Å². The second-order valence-electron chi connectivity index (χ2n) is 6.92. The first-order chi connectivity index (χ1) is 12.0. The second-order valence-corrected chi connectivity index (χ2v) is 7.90. The van der Waals surface area contributed by atoms with Gasteiger partial charge in [0, 0.05) is 17.0 Å². The average Bonchev–Trinajstić information content (AvgIpc) is 3.13. The number of aliphatic hydroxyl groups is 1. The number of nitrogens with one attached hydrogen (secondary N) is 1. The van der Waals surface area contributed by atoms with Gasteiger partial charge in [-0.2, -0.15) is 0 Å². The zero-order valence-electron chi connectivity index (χ0n) is 14.8. The van der Waals surface area contributed by atoms with Crippen LogP contribution in [0.25, 0.3) is 0 Å². The fourth-order valence-corrected chi connectivity index (χ4v) is 4.50. The maximum atomic E-state index is 12.7. The lowest BCUT2D eigenvalue weighted by molar-refractivity contribution is -0.0629. The van der Waals surface area contributed by atoms with Crippen LogP contribution in [0.3, 0.4) is 0 Å². The molecule has 5 heteroatoms. The average molecular weight is 359 g/mol. The zero-order chi connectivity index (χ0) is 17.9. The summed E-state index contributed by atoms with van der Waals surface area (Å²) in [6.45, 7) is 5.79. The van der Waals surface area contributed by atoms with Gasteiger partial charge >= 0.3 is 0 Å². The Hall–Kier alpha value is -1.69. The quantitative estimate of drug-likeness (QED) is 0.861. The first-order valence-electron chi connectivity index (χ1n) is 8.88. The highest BCUT2D eigenvalue weighted by Crippen LogP contribution is 2.38. The van der Waals surface area contributed by atoms with Crippen LogP contribution in [0, 0.1) is 0 Å². The number of thiophene rings is 1. The van der Waals surface area contributed by atoms with Crippen LogP contribution in [0.4, 0.5) is 0 Å². The maximum absolute atomic E-state index is 12.7. The van der Waals surface area contributed by atoms with E-state index in [0.29, 0.717) is 12.0 Å². The fourth-order valence-electron chi connectivity index (χ4n) is 3.61. The third-order valence-corrected chi connectivity index (χ3v) is 5.90. The van der Waals surface area contributed by atoms with Crippen molar-refractivity contribution in [3.05, 3.63) is 58.3 Å². The number of carbonyl (C=O) groups is 1. The standard InChI is InChI=1S/C20H26N2O2S/c1-3-12-22-13-11-20(2,24)18(17(22)16-10-7-14-25-16)21-19(23)15-8-5-4-6-9-15/h4-10,14,17-18,24H,3,11-13H2,1-2H3,(H,21,23). The van der Waals surface area contributed by atoms with E-state index in [1.54, 1.807) is 23.5 Å². The molecule has 0 saturated carbocycles. The van der Waals surface area contributed by atoms with E-state index in [0.717, 1.165) is 19.5 Å². The van der Waals surface area contributed by atoms with Gasteiger partial charge < -0.3 is 10.4 Å². The van der Waals surface area contributed by atoms with Crippen molar-refractivity contribution in [2.75, 3.05) is 13.1 Å². The molecular weight excluding hydrogens is 332 g/mol. The summed E-state index contributed by atoms with van der Waals surface area (Å²) >= 11 is 1.68. The summed E-state index contributed by atoms with van der Waals surface area (Å²) in [5.74, 6) is -0.134. The Kier molecular flexibility index (Phi) is 5.57. The summed E-state index contributed by atoms with van der Waals surface area (Å²) in [5, 5.41) is 16.2. The van der Waals surface area contributed by atoms with E-state index in [2.05, 4.69) is 28.6 Å². The topological polar surface area (TPSA) is 52.6 Å². The number of rotatable bonds is 5. The molecule has 1 aromatic heterocycles. The molecule has 1 aromatic carbocycles. The van der Waals surface area contributed by atoms with E-state index in [4.69, 9.17) is 0 Å². The Labute approximate surface area is 153 Å². The van der Waals surface area contributed by atoms with Crippen LogP contribution in [0.2, 0.25) is 0 Å². The number of benzene rings is 1. The third kappa shape index (κ3) is 3.94. The lowest BCUT2D eigenvalue weighted by atomic mass is 9.81. The van der Waals surface area contributed by atoms with Crippen LogP contribution < -0.4 is 5.32 Å². The van der Waals surface area contributed by atoms with Crippen LogP contribution >= 0.6 is 11.3 Å². The highest BCUT2D eigenvalue weighted by atomic mass is 32.1. The van der Waals surface area contributed by atoms with Crippen molar-refractivity contribution < 1.29 is 9.90 Å². The van der Waals surface area contributed by atoms with E-state index in [-0.39, 0.29) is 18.0 Å². The van der Waals surface area contributed by atoms with Gasteiger partial charge in [-0.25, -0.2) is 0 Å². The Balaban J connectivity index is 1.91. The number of nitrogens with zero attached hydrogens (tertiary/aromatic N) is 1. The highest BCUT2D eigenvalue weighted by molar-refractivity contribution is 7.10. The molecule has 1 fully saturated rings. The van der Waals surface area contributed by atoms with Crippen LogP contribution in [0.5, 0.6) is 0 Å². The van der Waals surface area contributed by atoms with Crippen LogP contribution in [-0.4, -0.2) is 40.6 Å². The van der Waals surface area contributed by atoms with E-state index in [1.807, 2.05) is 31.2 Å². The Morgan fingerprint density at radius 1 is 1.32 bits per heavy atom. The molecule has 2 heterocycles. The molecule has 3 unspecified atom stereocenters. The summed E-state index contributed by atoms with van der Waals surface area (Å²) in [7, 11) is 0. The molecule has 4 nitrogen and oxygen atoms in total. The van der Waals surface area contributed by atoms with Crippen LogP contribution in [0.15, 0.2) is 47.8 Å². The molecule has 0 bridgehead atoms. The Bertz CT molecular complexity index is 685. The summed E-state index contributed by atoms with van der Waals surface area (Å²) in [6.07, 6.45) is 1.69. The van der Waals surface area contributed by atoms with Gasteiger partial charge in [0.15, 0.2) is 0 Å². The minimum atomic E-state index is -0.941. The molecule has 3 rings (SSSR count). The SMILES string of the molecule is CCCN1CCC(C)(O)C(NC(=O)c2ccccc2)C1c1cccs1. The molecule has 1 amide bonds. The fraction of sp³-hybridized carbons (Fsp3) is 0.450. The monoisotopic (exact) mass is 358 g/mol. The van der Waals surface area contributed by atoms with Crippen molar-refractivity contribution in [2.45, 2.75) is 44.4 Å². The van der Waals surface area contributed by atoms with Crippen molar-refractivity contribution >= 4 is 17.2 Å². The van der Waals surface area contributed by atoms with Gasteiger partial charge in [0.2, 0.25) is 0 Å². The summed E-state index contributed by atoms with van der Waals surface area (Å²) in [6, 6.07) is 13.0. The molecule has 1 aliphatic heterocycles. The number of likely N-dealkylation sites (tertiary alicyclic amines) is 1. The number of hydrogen-bond acceptors (Lipinski definition) is 4. The van der Waals surface area contributed by atoms with Gasteiger partial charge in [-0.15, -0.1) is 11.3 Å². The lowest BCUT2D eigenvalue weighted by Gasteiger charge is -2.48. The third-order valence-electron chi connectivity index (χ3n) is 4.95. The molecule has 0 radical (unpaired) electrons. The molecular formula is C20H26N2O2S. The molecule has 25 heavy (non-hydrogen) atoms. The molecule has 0 aliphatic carbocycles. The van der Waals surface area contributed by atoms with Gasteiger partial charge in [-0.1, -0.05) is 31.2 Å². The predicted octanol–water partition coefficient (Wildman–Crippen LogP) is 3.45. The normalized spacial score (nSPS) is 27.2. The molecule has 1 saturated heterocycles. The second kappa shape index (κ2) is 7.68. The van der Waals surface area contributed by atoms with Crippen molar-refractivity contribution in [1.82, 2.24) is 10.2 Å². The van der Waals surface area contributed by atoms with Gasteiger partial charge in [0.25, 0.3) is 5.91 Å². The minimum absolute atomic E-state index is 0.00337. The molecule has 2 aromatic rings. The van der Waals surface area contributed by atoms with Crippen molar-refractivity contribution in [3.63, 3.8) is 0 Å². The summed E-state index contributed by atoms with van der Waals surface area (Å²) in [4.78, 5) is 16.3. The van der Waals surface area contributed by atoms with E-state index >= 15 is 0 Å².